The van der Waals surface area contributed by atoms with Gasteiger partial charge in [-0.3, -0.25) is 29.8 Å². The first-order chi connectivity index (χ1) is 24.1. The second-order valence-electron chi connectivity index (χ2n) is 10.9. The number of hydrogen-bond acceptors (Lipinski definition) is 12. The van der Waals surface area contributed by atoms with Gasteiger partial charge in [-0.15, -0.1) is 0 Å². The molecule has 0 atom stereocenters. The second-order valence-corrected chi connectivity index (χ2v) is 10.9. The number of hydrogen-bond donors (Lipinski definition) is 2. The van der Waals surface area contributed by atoms with Gasteiger partial charge >= 0.3 is 11.9 Å². The Hall–Kier alpha value is -6.18. The number of carbonyl (C=O) groups excluding carboxylic acids is 2. The lowest BCUT2D eigenvalue weighted by atomic mass is 10.2. The fraction of sp³-hybridized carbons (Fsp3) is 0.278. The molecule has 0 aromatic heterocycles. The SMILES string of the molecule is Nc1ccc(OCCCCCC(=O)Oc2ccc(N)cc2)cc1.O=C(CCCCCOc1ccc([N+](=O)[O-])cc1)Oc1ccc([N+](=O)[O-])cc1. The van der Waals surface area contributed by atoms with E-state index in [0.29, 0.717) is 43.2 Å². The van der Waals surface area contributed by atoms with Gasteiger partial charge in [-0.2, -0.15) is 0 Å². The zero-order chi connectivity index (χ0) is 36.1. The number of nitrogen functional groups attached to an aromatic ring is 2. The van der Waals surface area contributed by atoms with Crippen LogP contribution in [0.25, 0.3) is 0 Å². The van der Waals surface area contributed by atoms with Gasteiger partial charge in [0.1, 0.15) is 23.0 Å². The number of anilines is 2. The van der Waals surface area contributed by atoms with Crippen molar-refractivity contribution in [3.63, 3.8) is 0 Å². The van der Waals surface area contributed by atoms with Gasteiger partial charge < -0.3 is 30.4 Å². The lowest BCUT2D eigenvalue weighted by molar-refractivity contribution is -0.385. The average molecular weight is 689 g/mol. The molecule has 0 unspecified atom stereocenters. The molecule has 14 nitrogen and oxygen atoms in total. The molecule has 0 bridgehead atoms. The summed E-state index contributed by atoms with van der Waals surface area (Å²) in [5.74, 6) is 1.53. The summed E-state index contributed by atoms with van der Waals surface area (Å²) in [7, 11) is 0. The van der Waals surface area contributed by atoms with Crippen molar-refractivity contribution in [2.75, 3.05) is 24.7 Å². The van der Waals surface area contributed by atoms with E-state index >= 15 is 0 Å². The van der Waals surface area contributed by atoms with Gasteiger partial charge in [-0.05, 0) is 111 Å². The first-order valence-corrected chi connectivity index (χ1v) is 16.0. The Labute approximate surface area is 289 Å². The highest BCUT2D eigenvalue weighted by Crippen LogP contribution is 2.20. The molecule has 4 N–H and O–H groups in total. The zero-order valence-corrected chi connectivity index (χ0v) is 27.4. The minimum absolute atomic E-state index is 0.00823. The van der Waals surface area contributed by atoms with E-state index in [0.717, 1.165) is 43.5 Å². The largest absolute Gasteiger partial charge is 0.494 e. The number of carbonyl (C=O) groups is 2. The van der Waals surface area contributed by atoms with Crippen LogP contribution in [0.5, 0.6) is 23.0 Å². The van der Waals surface area contributed by atoms with Crippen molar-refractivity contribution in [3.8, 4) is 23.0 Å². The normalized spacial score (nSPS) is 10.2. The minimum atomic E-state index is -0.523. The quantitative estimate of drug-likeness (QED) is 0.0261. The van der Waals surface area contributed by atoms with E-state index in [-0.39, 0.29) is 29.5 Å². The zero-order valence-electron chi connectivity index (χ0n) is 27.4. The molecule has 0 heterocycles. The Morgan fingerprint density at radius 3 is 1.16 bits per heavy atom. The van der Waals surface area contributed by atoms with Gasteiger partial charge in [0.25, 0.3) is 11.4 Å². The number of rotatable bonds is 18. The number of unbranched alkanes of at least 4 members (excludes halogenated alkanes) is 4. The van der Waals surface area contributed by atoms with Gasteiger partial charge in [-0.1, -0.05) is 0 Å². The summed E-state index contributed by atoms with van der Waals surface area (Å²) in [5.41, 5.74) is 12.5. The van der Waals surface area contributed by atoms with Crippen molar-refractivity contribution in [1.29, 1.82) is 0 Å². The molecule has 0 aliphatic rings. The summed E-state index contributed by atoms with van der Waals surface area (Å²) in [6.45, 7) is 1.06. The van der Waals surface area contributed by atoms with Gasteiger partial charge in [0.2, 0.25) is 0 Å². The highest BCUT2D eigenvalue weighted by Gasteiger charge is 2.09. The van der Waals surface area contributed by atoms with E-state index in [1.165, 1.54) is 36.4 Å². The molecule has 0 saturated heterocycles. The van der Waals surface area contributed by atoms with Crippen LogP contribution in [-0.4, -0.2) is 35.0 Å². The molecular weight excluding hydrogens is 648 g/mol. The van der Waals surface area contributed by atoms with E-state index in [2.05, 4.69) is 0 Å². The predicted molar refractivity (Wildman–Crippen MR) is 187 cm³/mol. The first kappa shape index (κ1) is 38.3. The summed E-state index contributed by atoms with van der Waals surface area (Å²) in [5, 5.41) is 21.1. The number of nitrogens with two attached hydrogens (primary N) is 2. The molecular formula is C36H40N4O10. The molecule has 4 aromatic carbocycles. The lowest BCUT2D eigenvalue weighted by Gasteiger charge is -2.07. The molecule has 0 aliphatic heterocycles. The fourth-order valence-electron chi connectivity index (χ4n) is 4.24. The van der Waals surface area contributed by atoms with Gasteiger partial charge in [-0.25, -0.2) is 0 Å². The Balaban J connectivity index is 0.000000274. The Morgan fingerprint density at radius 1 is 0.480 bits per heavy atom. The smallest absolute Gasteiger partial charge is 0.311 e. The van der Waals surface area contributed by atoms with Crippen LogP contribution in [0.3, 0.4) is 0 Å². The number of benzene rings is 4. The molecule has 0 aliphatic carbocycles. The van der Waals surface area contributed by atoms with Crippen molar-refractivity contribution in [1.82, 2.24) is 0 Å². The van der Waals surface area contributed by atoms with Crippen LogP contribution in [0, 0.1) is 20.2 Å². The Bertz CT molecular complexity index is 1650. The molecule has 4 rings (SSSR count). The highest BCUT2D eigenvalue weighted by molar-refractivity contribution is 5.72. The van der Waals surface area contributed by atoms with Crippen LogP contribution in [-0.2, 0) is 9.59 Å². The van der Waals surface area contributed by atoms with E-state index in [1.54, 1.807) is 36.4 Å². The maximum Gasteiger partial charge on any atom is 0.311 e. The number of ether oxygens (including phenoxy) is 4. The van der Waals surface area contributed by atoms with Gasteiger partial charge in [0, 0.05) is 48.5 Å². The number of nitro benzene ring substituents is 2. The molecule has 0 radical (unpaired) electrons. The molecule has 50 heavy (non-hydrogen) atoms. The highest BCUT2D eigenvalue weighted by atomic mass is 16.6. The van der Waals surface area contributed by atoms with E-state index in [4.69, 9.17) is 30.4 Å². The second kappa shape index (κ2) is 20.9. The van der Waals surface area contributed by atoms with E-state index < -0.39 is 15.8 Å². The third-order valence-electron chi connectivity index (χ3n) is 6.91. The average Bonchev–Trinajstić information content (AvgIpc) is 3.10. The third-order valence-corrected chi connectivity index (χ3v) is 6.91. The molecule has 0 amide bonds. The van der Waals surface area contributed by atoms with E-state index in [1.807, 2.05) is 24.3 Å². The molecule has 4 aromatic rings. The molecule has 0 spiro atoms. The van der Waals surface area contributed by atoms with Crippen molar-refractivity contribution in [3.05, 3.63) is 117 Å². The Morgan fingerprint density at radius 2 is 0.800 bits per heavy atom. The standard InChI is InChI=1S/C18H18N2O7.C18H22N2O3/c21-18(27-17-11-7-15(8-12-17)20(24)25)4-2-1-3-13-26-16-9-5-14(6-10-16)19(22)23;19-14-5-9-16(10-6-14)22-13-3-1-2-4-18(21)23-17-11-7-15(20)8-12-17/h5-12H,1-4,13H2;5-12H,1-4,13,19-20H2. The monoisotopic (exact) mass is 688 g/mol. The molecule has 14 heteroatoms. The summed E-state index contributed by atoms with van der Waals surface area (Å²) >= 11 is 0. The summed E-state index contributed by atoms with van der Waals surface area (Å²) < 4.78 is 21.4. The Kier molecular flexibility index (Phi) is 16.0. The maximum absolute atomic E-state index is 11.7. The number of nitrogens with zero attached hydrogens (tertiary/aromatic N) is 2. The minimum Gasteiger partial charge on any atom is -0.494 e. The van der Waals surface area contributed by atoms with Crippen molar-refractivity contribution in [2.24, 2.45) is 0 Å². The lowest BCUT2D eigenvalue weighted by Crippen LogP contribution is -2.08. The van der Waals surface area contributed by atoms with Crippen molar-refractivity contribution in [2.45, 2.75) is 51.4 Å². The predicted octanol–water partition coefficient (Wildman–Crippen LogP) is 7.44. The van der Waals surface area contributed by atoms with Crippen LogP contribution >= 0.6 is 0 Å². The first-order valence-electron chi connectivity index (χ1n) is 16.0. The maximum atomic E-state index is 11.7. The fourth-order valence-corrected chi connectivity index (χ4v) is 4.24. The van der Waals surface area contributed by atoms with Crippen LogP contribution < -0.4 is 30.4 Å². The van der Waals surface area contributed by atoms with Crippen LogP contribution in [0.1, 0.15) is 51.4 Å². The van der Waals surface area contributed by atoms with Crippen molar-refractivity contribution < 1.29 is 38.4 Å². The third kappa shape index (κ3) is 15.2. The summed E-state index contributed by atoms with van der Waals surface area (Å²) in [6.07, 6.45) is 5.30. The number of esters is 2. The van der Waals surface area contributed by atoms with Crippen LogP contribution in [0.2, 0.25) is 0 Å². The van der Waals surface area contributed by atoms with Crippen LogP contribution in [0.4, 0.5) is 22.7 Å². The molecule has 264 valence electrons. The van der Waals surface area contributed by atoms with Crippen LogP contribution in [0.15, 0.2) is 97.1 Å². The topological polar surface area (TPSA) is 209 Å². The number of non-ortho nitro benzene ring substituents is 2. The van der Waals surface area contributed by atoms with Crippen molar-refractivity contribution >= 4 is 34.7 Å². The van der Waals surface area contributed by atoms with Gasteiger partial charge in [0.05, 0.1) is 23.1 Å². The molecule has 0 fully saturated rings. The van der Waals surface area contributed by atoms with Gasteiger partial charge in [0.15, 0.2) is 0 Å². The summed E-state index contributed by atoms with van der Waals surface area (Å²) in [6, 6.07) is 25.3. The van der Waals surface area contributed by atoms with E-state index in [9.17, 15) is 29.8 Å². The molecule has 0 saturated carbocycles. The number of nitro groups is 2. The summed E-state index contributed by atoms with van der Waals surface area (Å²) in [4.78, 5) is 43.5.